The van der Waals surface area contributed by atoms with E-state index in [1.807, 2.05) is 0 Å². The topological polar surface area (TPSA) is 118 Å². The fourth-order valence-electron chi connectivity index (χ4n) is 2.55. The molecular formula is C17H14O7S2. The molecule has 3 aromatic carbocycles. The number of phenolic OH excluding ortho intramolecular Hbond substituents is 1. The van der Waals surface area contributed by atoms with E-state index in [2.05, 4.69) is 0 Å². The number of para-hydroxylation sites is 1. The van der Waals surface area contributed by atoms with Crippen LogP contribution in [0.5, 0.6) is 11.5 Å². The number of hydrogen-bond acceptors (Lipinski definition) is 6. The molecule has 0 fully saturated rings. The van der Waals surface area contributed by atoms with Gasteiger partial charge in [-0.1, -0.05) is 42.5 Å². The predicted octanol–water partition coefficient (Wildman–Crippen LogP) is 2.87. The minimum absolute atomic E-state index is 0.108. The second-order valence-corrected chi connectivity index (χ2v) is 8.42. The highest BCUT2D eigenvalue weighted by molar-refractivity contribution is 7.87. The summed E-state index contributed by atoms with van der Waals surface area (Å²) >= 11 is 0. The van der Waals surface area contributed by atoms with Crippen LogP contribution in [0.2, 0.25) is 0 Å². The Morgan fingerprint density at radius 2 is 1.58 bits per heavy atom. The van der Waals surface area contributed by atoms with Crippen molar-refractivity contribution in [1.29, 1.82) is 0 Å². The Morgan fingerprint density at radius 3 is 2.27 bits per heavy atom. The summed E-state index contributed by atoms with van der Waals surface area (Å²) in [7, 11) is -9.33. The van der Waals surface area contributed by atoms with Gasteiger partial charge in [0, 0.05) is 5.39 Å². The molecule has 0 unspecified atom stereocenters. The van der Waals surface area contributed by atoms with Crippen LogP contribution >= 0.6 is 0 Å². The highest BCUT2D eigenvalue weighted by atomic mass is 32.2. The minimum atomic E-state index is -4.78. The standard InChI is InChI=1S/C17H14O7S2/c1-11-5-4-8-15(16(11)18)26(22,23)24-14-10-9-12-6-2-3-7-13(12)17(14)25(19,20)21/h2-10,18H,1H3,(H,19,20,21). The summed E-state index contributed by atoms with van der Waals surface area (Å²) in [4.78, 5) is -1.17. The van der Waals surface area contributed by atoms with Gasteiger partial charge in [-0.3, -0.25) is 4.55 Å². The number of aryl methyl sites for hydroxylation is 1. The van der Waals surface area contributed by atoms with Gasteiger partial charge in [0.15, 0.2) is 5.75 Å². The molecule has 0 aromatic heterocycles. The molecule has 0 radical (unpaired) electrons. The van der Waals surface area contributed by atoms with Gasteiger partial charge in [-0.15, -0.1) is 0 Å². The lowest BCUT2D eigenvalue weighted by Gasteiger charge is -2.13. The summed E-state index contributed by atoms with van der Waals surface area (Å²) in [5.41, 5.74) is 0.309. The van der Waals surface area contributed by atoms with E-state index >= 15 is 0 Å². The van der Waals surface area contributed by atoms with Crippen molar-refractivity contribution in [2.45, 2.75) is 16.7 Å². The first-order chi connectivity index (χ1) is 12.1. The Balaban J connectivity index is 2.22. The van der Waals surface area contributed by atoms with E-state index in [-0.39, 0.29) is 5.39 Å². The molecule has 3 aromatic rings. The molecule has 0 saturated carbocycles. The van der Waals surface area contributed by atoms with Gasteiger partial charge in [0.05, 0.1) is 0 Å². The Kier molecular flexibility index (Phi) is 4.39. The Morgan fingerprint density at radius 1 is 0.885 bits per heavy atom. The molecule has 7 nitrogen and oxygen atoms in total. The summed E-state index contributed by atoms with van der Waals surface area (Å²) < 4.78 is 63.3. The van der Waals surface area contributed by atoms with Gasteiger partial charge in [0.1, 0.15) is 15.5 Å². The molecule has 0 bridgehead atoms. The Labute approximate surface area is 150 Å². The van der Waals surface area contributed by atoms with Gasteiger partial charge in [-0.25, -0.2) is 0 Å². The molecule has 0 heterocycles. The molecule has 2 N–H and O–H groups in total. The first-order valence-electron chi connectivity index (χ1n) is 7.33. The van der Waals surface area contributed by atoms with Crippen molar-refractivity contribution in [2.24, 2.45) is 0 Å². The largest absolute Gasteiger partial charge is 0.506 e. The van der Waals surface area contributed by atoms with Crippen LogP contribution < -0.4 is 4.18 Å². The van der Waals surface area contributed by atoms with Crippen molar-refractivity contribution >= 4 is 31.0 Å². The van der Waals surface area contributed by atoms with Gasteiger partial charge in [-0.05, 0) is 30.0 Å². The van der Waals surface area contributed by atoms with Crippen molar-refractivity contribution < 1.29 is 30.7 Å². The molecule has 0 atom stereocenters. The average Bonchev–Trinajstić information content (AvgIpc) is 2.55. The number of aromatic hydroxyl groups is 1. The smallest absolute Gasteiger partial charge is 0.342 e. The van der Waals surface area contributed by atoms with Crippen molar-refractivity contribution in [1.82, 2.24) is 0 Å². The minimum Gasteiger partial charge on any atom is -0.506 e. The van der Waals surface area contributed by atoms with Crippen LogP contribution in [-0.4, -0.2) is 26.5 Å². The maximum atomic E-state index is 12.5. The SMILES string of the molecule is Cc1cccc(S(=O)(=O)Oc2ccc3ccccc3c2S(=O)(=O)O)c1O. The number of benzene rings is 3. The lowest BCUT2D eigenvalue weighted by atomic mass is 10.1. The van der Waals surface area contributed by atoms with E-state index in [9.17, 15) is 26.5 Å². The first kappa shape index (κ1) is 18.2. The molecule has 0 saturated heterocycles. The van der Waals surface area contributed by atoms with E-state index in [0.29, 0.717) is 10.9 Å². The van der Waals surface area contributed by atoms with Gasteiger partial charge < -0.3 is 9.29 Å². The predicted molar refractivity (Wildman–Crippen MR) is 94.4 cm³/mol. The molecule has 136 valence electrons. The first-order valence-corrected chi connectivity index (χ1v) is 10.2. The molecule has 0 amide bonds. The molecule has 0 aliphatic rings. The van der Waals surface area contributed by atoms with E-state index in [4.69, 9.17) is 4.18 Å². The normalized spacial score (nSPS) is 12.2. The van der Waals surface area contributed by atoms with Crippen molar-refractivity contribution in [3.8, 4) is 11.5 Å². The lowest BCUT2D eigenvalue weighted by molar-refractivity contribution is 0.438. The summed E-state index contributed by atoms with van der Waals surface area (Å²) in [5.74, 6) is -1.06. The average molecular weight is 394 g/mol. The highest BCUT2D eigenvalue weighted by Crippen LogP contribution is 2.35. The third kappa shape index (κ3) is 3.24. The Hall–Kier alpha value is -2.62. The van der Waals surface area contributed by atoms with Gasteiger partial charge >= 0.3 is 10.1 Å². The fourth-order valence-corrected chi connectivity index (χ4v) is 4.54. The highest BCUT2D eigenvalue weighted by Gasteiger charge is 2.27. The summed E-state index contributed by atoms with van der Waals surface area (Å²) in [6.45, 7) is 1.51. The number of hydrogen-bond donors (Lipinski definition) is 2. The molecule has 9 heteroatoms. The van der Waals surface area contributed by atoms with E-state index in [0.717, 1.165) is 12.1 Å². The monoisotopic (exact) mass is 394 g/mol. The molecule has 0 aliphatic carbocycles. The summed E-state index contributed by atoms with van der Waals surface area (Å²) in [6, 6.07) is 12.9. The van der Waals surface area contributed by atoms with Crippen molar-refractivity contribution in [2.75, 3.05) is 0 Å². The van der Waals surface area contributed by atoms with Crippen LogP contribution in [0.25, 0.3) is 10.8 Å². The Bertz CT molecular complexity index is 1210. The zero-order valence-corrected chi connectivity index (χ0v) is 15.1. The molecule has 0 spiro atoms. The third-order valence-electron chi connectivity index (χ3n) is 3.77. The summed E-state index contributed by atoms with van der Waals surface area (Å²) in [6.07, 6.45) is 0. The van der Waals surface area contributed by atoms with Crippen LogP contribution in [0.4, 0.5) is 0 Å². The van der Waals surface area contributed by atoms with E-state index in [1.165, 1.54) is 31.2 Å². The molecule has 0 aliphatic heterocycles. The quantitative estimate of drug-likeness (QED) is 0.516. The van der Waals surface area contributed by atoms with Gasteiger partial charge in [0.2, 0.25) is 0 Å². The summed E-state index contributed by atoms with van der Waals surface area (Å²) in [5, 5.41) is 10.6. The van der Waals surface area contributed by atoms with Gasteiger partial charge in [0.25, 0.3) is 10.1 Å². The lowest BCUT2D eigenvalue weighted by Crippen LogP contribution is -2.13. The maximum absolute atomic E-state index is 12.5. The second kappa shape index (κ2) is 6.27. The zero-order chi connectivity index (χ0) is 19.1. The van der Waals surface area contributed by atoms with E-state index < -0.39 is 41.5 Å². The van der Waals surface area contributed by atoms with Gasteiger partial charge in [-0.2, -0.15) is 16.8 Å². The molecule has 26 heavy (non-hydrogen) atoms. The second-order valence-electron chi connectivity index (χ2n) is 5.55. The van der Waals surface area contributed by atoms with E-state index in [1.54, 1.807) is 18.2 Å². The van der Waals surface area contributed by atoms with Crippen LogP contribution in [0, 0.1) is 6.92 Å². The number of rotatable bonds is 4. The van der Waals surface area contributed by atoms with Crippen molar-refractivity contribution in [3.05, 3.63) is 60.2 Å². The third-order valence-corrected chi connectivity index (χ3v) is 5.98. The van der Waals surface area contributed by atoms with Crippen LogP contribution in [0.3, 0.4) is 0 Å². The van der Waals surface area contributed by atoms with Crippen LogP contribution in [0.1, 0.15) is 5.56 Å². The molecular weight excluding hydrogens is 380 g/mol. The van der Waals surface area contributed by atoms with Crippen molar-refractivity contribution in [3.63, 3.8) is 0 Å². The van der Waals surface area contributed by atoms with Crippen LogP contribution in [0.15, 0.2) is 64.4 Å². The maximum Gasteiger partial charge on any atom is 0.342 e. The molecule has 3 rings (SSSR count). The number of phenols is 1. The van der Waals surface area contributed by atoms with Crippen LogP contribution in [-0.2, 0) is 20.2 Å². The number of fused-ring (bicyclic) bond motifs is 1. The fraction of sp³-hybridized carbons (Fsp3) is 0.0588. The zero-order valence-electron chi connectivity index (χ0n) is 13.4.